The van der Waals surface area contributed by atoms with Crippen molar-refractivity contribution in [3.63, 3.8) is 0 Å². The lowest BCUT2D eigenvalue weighted by molar-refractivity contribution is -0.209. The zero-order chi connectivity index (χ0) is 9.97. The predicted molar refractivity (Wildman–Crippen MR) is 52.8 cm³/mol. The zero-order valence-electron chi connectivity index (χ0n) is 9.05. The third-order valence-electron chi connectivity index (χ3n) is 5.18. The van der Waals surface area contributed by atoms with Crippen LogP contribution in [0.25, 0.3) is 0 Å². The van der Waals surface area contributed by atoms with Crippen molar-refractivity contribution in [2.24, 2.45) is 17.8 Å². The van der Waals surface area contributed by atoms with Gasteiger partial charge in [-0.15, -0.1) is 0 Å². The van der Waals surface area contributed by atoms with Crippen molar-refractivity contribution in [1.82, 2.24) is 0 Å². The van der Waals surface area contributed by atoms with E-state index in [0.29, 0.717) is 17.8 Å². The first-order valence-corrected chi connectivity index (χ1v) is 5.80. The van der Waals surface area contributed by atoms with E-state index in [2.05, 4.69) is 6.92 Å². The fourth-order valence-electron chi connectivity index (χ4n) is 4.42. The minimum absolute atomic E-state index is 0.0213. The fraction of sp³-hybridized carbons (Fsp3) is 1.00. The summed E-state index contributed by atoms with van der Waals surface area (Å²) in [6.45, 7) is 2.20. The van der Waals surface area contributed by atoms with Crippen molar-refractivity contribution in [1.29, 1.82) is 0 Å². The predicted octanol–water partition coefficient (Wildman–Crippen LogP) is 2.94. The number of ether oxygens (including phenoxy) is 1. The van der Waals surface area contributed by atoms with Crippen LogP contribution < -0.4 is 0 Å². The van der Waals surface area contributed by atoms with Gasteiger partial charge in [0.15, 0.2) is 0 Å². The Morgan fingerprint density at radius 2 is 1.71 bits per heavy atom. The molecule has 0 radical (unpaired) electrons. The molecule has 80 valence electrons. The van der Waals surface area contributed by atoms with Crippen molar-refractivity contribution in [2.45, 2.75) is 50.3 Å². The molecule has 0 spiro atoms. The van der Waals surface area contributed by atoms with E-state index in [1.807, 2.05) is 0 Å². The van der Waals surface area contributed by atoms with E-state index in [-0.39, 0.29) is 5.60 Å². The maximum atomic E-state index is 14.3. The molecule has 0 aromatic heterocycles. The summed E-state index contributed by atoms with van der Waals surface area (Å²) in [7, 11) is 1.80. The van der Waals surface area contributed by atoms with E-state index in [1.165, 1.54) is 12.8 Å². The van der Waals surface area contributed by atoms with Gasteiger partial charge in [0.1, 0.15) is 5.67 Å². The second-order valence-electron chi connectivity index (χ2n) is 5.88. The molecular weight excluding hydrogens is 179 g/mol. The third kappa shape index (κ3) is 0.982. The maximum absolute atomic E-state index is 14.3. The van der Waals surface area contributed by atoms with Crippen LogP contribution >= 0.6 is 0 Å². The Bertz CT molecular complexity index is 247. The Hall–Kier alpha value is -0.110. The summed E-state index contributed by atoms with van der Waals surface area (Å²) in [6, 6.07) is 0. The second kappa shape index (κ2) is 2.52. The molecule has 4 fully saturated rings. The highest BCUT2D eigenvalue weighted by Gasteiger charge is 2.61. The molecule has 0 aliphatic heterocycles. The molecule has 5 atom stereocenters. The zero-order valence-corrected chi connectivity index (χ0v) is 9.05. The highest BCUT2D eigenvalue weighted by Crippen LogP contribution is 2.61. The first kappa shape index (κ1) is 9.14. The molecule has 4 aliphatic rings. The summed E-state index contributed by atoms with van der Waals surface area (Å²) in [4.78, 5) is 0. The van der Waals surface area contributed by atoms with Gasteiger partial charge in [0.05, 0.1) is 5.60 Å². The van der Waals surface area contributed by atoms with Crippen molar-refractivity contribution in [3.8, 4) is 0 Å². The molecule has 0 amide bonds. The van der Waals surface area contributed by atoms with Crippen molar-refractivity contribution in [2.75, 3.05) is 7.11 Å². The third-order valence-corrected chi connectivity index (χ3v) is 5.18. The molecule has 4 rings (SSSR count). The summed E-state index contributed by atoms with van der Waals surface area (Å²) in [5.74, 6) is 1.60. The number of methoxy groups -OCH3 is 1. The van der Waals surface area contributed by atoms with Crippen LogP contribution in [-0.4, -0.2) is 18.4 Å². The molecule has 14 heavy (non-hydrogen) atoms. The molecule has 1 nitrogen and oxygen atoms in total. The molecule has 0 saturated heterocycles. The first-order valence-electron chi connectivity index (χ1n) is 5.80. The summed E-state index contributed by atoms with van der Waals surface area (Å²) < 4.78 is 20.0. The number of rotatable bonds is 1. The molecule has 4 saturated carbocycles. The Morgan fingerprint density at radius 1 is 1.14 bits per heavy atom. The molecule has 0 aromatic carbocycles. The van der Waals surface area contributed by atoms with Crippen LogP contribution in [0, 0.1) is 17.8 Å². The van der Waals surface area contributed by atoms with Crippen molar-refractivity contribution in [3.05, 3.63) is 0 Å². The number of hydrogen-bond donors (Lipinski definition) is 0. The Labute approximate surface area is 85.0 Å². The number of hydrogen-bond acceptors (Lipinski definition) is 1. The van der Waals surface area contributed by atoms with Gasteiger partial charge >= 0.3 is 0 Å². The van der Waals surface area contributed by atoms with Gasteiger partial charge < -0.3 is 4.74 Å². The molecule has 0 aromatic rings. The fourth-order valence-corrected chi connectivity index (χ4v) is 4.42. The van der Waals surface area contributed by atoms with E-state index in [4.69, 9.17) is 4.74 Å². The summed E-state index contributed by atoms with van der Waals surface area (Å²) in [5, 5.41) is 0. The number of halogens is 1. The lowest BCUT2D eigenvalue weighted by atomic mass is 9.49. The van der Waals surface area contributed by atoms with Gasteiger partial charge in [0, 0.05) is 7.11 Å². The highest BCUT2D eigenvalue weighted by molar-refractivity contribution is 5.11. The van der Waals surface area contributed by atoms with E-state index in [1.54, 1.807) is 7.11 Å². The van der Waals surface area contributed by atoms with Gasteiger partial charge in [-0.3, -0.25) is 0 Å². The topological polar surface area (TPSA) is 9.23 Å². The normalized spacial score (nSPS) is 60.6. The maximum Gasteiger partial charge on any atom is 0.112 e. The minimum atomic E-state index is -0.825. The molecule has 4 bridgehead atoms. The largest absolute Gasteiger partial charge is 0.378 e. The van der Waals surface area contributed by atoms with Gasteiger partial charge in [0.2, 0.25) is 0 Å². The monoisotopic (exact) mass is 198 g/mol. The molecular formula is C12H19FO. The van der Waals surface area contributed by atoms with Crippen LogP contribution in [0.15, 0.2) is 0 Å². The summed E-state index contributed by atoms with van der Waals surface area (Å²) >= 11 is 0. The smallest absolute Gasteiger partial charge is 0.112 e. The quantitative estimate of drug-likeness (QED) is 0.629. The van der Waals surface area contributed by atoms with Crippen LogP contribution in [0.5, 0.6) is 0 Å². The molecule has 4 aliphatic carbocycles. The average Bonchev–Trinajstić information content (AvgIpc) is 2.11. The van der Waals surface area contributed by atoms with Gasteiger partial charge in [-0.05, 0) is 56.8 Å². The Morgan fingerprint density at radius 3 is 2.14 bits per heavy atom. The lowest BCUT2D eigenvalue weighted by Crippen LogP contribution is -2.61. The van der Waals surface area contributed by atoms with Crippen LogP contribution in [0.3, 0.4) is 0 Å². The van der Waals surface area contributed by atoms with Crippen LogP contribution in [0.4, 0.5) is 4.39 Å². The van der Waals surface area contributed by atoms with E-state index >= 15 is 0 Å². The minimum Gasteiger partial charge on any atom is -0.378 e. The van der Waals surface area contributed by atoms with Crippen LogP contribution in [0.1, 0.15) is 39.0 Å². The van der Waals surface area contributed by atoms with Crippen molar-refractivity contribution >= 4 is 0 Å². The molecule has 0 heterocycles. The molecule has 0 N–H and O–H groups in total. The van der Waals surface area contributed by atoms with E-state index in [9.17, 15) is 4.39 Å². The highest BCUT2D eigenvalue weighted by atomic mass is 19.1. The standard InChI is InChI=1S/C12H19FO/c1-11(14-2)9-3-8-4-10(11)7-12(13,5-8)6-9/h8-10H,3-7H2,1-2H3/t8?,9-,10+,11?,12?. The van der Waals surface area contributed by atoms with Crippen LogP contribution in [0.2, 0.25) is 0 Å². The molecule has 2 heteroatoms. The second-order valence-corrected chi connectivity index (χ2v) is 5.88. The van der Waals surface area contributed by atoms with Crippen molar-refractivity contribution < 1.29 is 9.13 Å². The first-order chi connectivity index (χ1) is 6.56. The number of alkyl halides is 1. The average molecular weight is 198 g/mol. The Kier molecular flexibility index (Phi) is 1.65. The SMILES string of the molecule is COC1(C)[C@@H]2CC3C[C@H]1CC(F)(C3)C2. The summed E-state index contributed by atoms with van der Waals surface area (Å²) in [5.41, 5.74) is -0.846. The van der Waals surface area contributed by atoms with Gasteiger partial charge in [0.25, 0.3) is 0 Å². The van der Waals surface area contributed by atoms with E-state index in [0.717, 1.165) is 19.3 Å². The lowest BCUT2D eigenvalue weighted by Gasteiger charge is -2.61. The summed E-state index contributed by atoms with van der Waals surface area (Å²) in [6.07, 6.45) is 4.74. The Balaban J connectivity index is 1.96. The van der Waals surface area contributed by atoms with Gasteiger partial charge in [-0.2, -0.15) is 0 Å². The molecule has 3 unspecified atom stereocenters. The van der Waals surface area contributed by atoms with E-state index < -0.39 is 5.67 Å². The van der Waals surface area contributed by atoms with Gasteiger partial charge in [-0.1, -0.05) is 0 Å². The van der Waals surface area contributed by atoms with Crippen LogP contribution in [-0.2, 0) is 4.74 Å². The van der Waals surface area contributed by atoms with Gasteiger partial charge in [-0.25, -0.2) is 4.39 Å².